The van der Waals surface area contributed by atoms with Crippen LogP contribution in [-0.2, 0) is 9.53 Å². The van der Waals surface area contributed by atoms with Crippen LogP contribution in [0.15, 0.2) is 24.3 Å². The number of hydrogen-bond donors (Lipinski definition) is 0. The third-order valence-electron chi connectivity index (χ3n) is 8.87. The van der Waals surface area contributed by atoms with E-state index in [0.717, 1.165) is 25.7 Å². The van der Waals surface area contributed by atoms with Crippen molar-refractivity contribution in [3.8, 4) is 0 Å². The molecule has 0 aliphatic rings. The SMILES string of the molecule is C=CC(C)(CCC=C(C)C)OC(=O)CN(C(C)CCCCCCCCCCC)C(C)CCCCCCCCCCC. The van der Waals surface area contributed by atoms with Gasteiger partial charge in [-0.15, -0.1) is 0 Å². The monoisotopic (exact) mass is 576 g/mol. The molecular weight excluding hydrogens is 502 g/mol. The molecule has 0 N–H and O–H groups in total. The summed E-state index contributed by atoms with van der Waals surface area (Å²) in [5.41, 5.74) is 0.680. The fourth-order valence-corrected chi connectivity index (χ4v) is 5.86. The van der Waals surface area contributed by atoms with Crippen molar-refractivity contribution in [1.29, 1.82) is 0 Å². The largest absolute Gasteiger partial charge is 0.454 e. The van der Waals surface area contributed by atoms with Crippen LogP contribution in [0.4, 0.5) is 0 Å². The molecule has 3 unspecified atom stereocenters. The number of hydrogen-bond acceptors (Lipinski definition) is 3. The zero-order valence-corrected chi connectivity index (χ0v) is 29.0. The number of carbonyl (C=O) groups excluding carboxylic acids is 1. The molecule has 0 aliphatic heterocycles. The second kappa shape index (κ2) is 26.5. The van der Waals surface area contributed by atoms with Crippen LogP contribution < -0.4 is 0 Å². The number of rotatable bonds is 29. The number of nitrogens with zero attached hydrogens (tertiary/aromatic N) is 1. The minimum absolute atomic E-state index is 0.109. The lowest BCUT2D eigenvalue weighted by Crippen LogP contribution is -2.45. The highest BCUT2D eigenvalue weighted by Gasteiger charge is 2.28. The van der Waals surface area contributed by atoms with Crippen LogP contribution in [0, 0.1) is 0 Å². The molecule has 3 atom stereocenters. The number of carbonyl (C=O) groups is 1. The smallest absolute Gasteiger partial charge is 0.321 e. The maximum Gasteiger partial charge on any atom is 0.321 e. The van der Waals surface area contributed by atoms with Gasteiger partial charge in [0, 0.05) is 12.1 Å². The van der Waals surface area contributed by atoms with Crippen molar-refractivity contribution in [2.75, 3.05) is 6.54 Å². The van der Waals surface area contributed by atoms with Crippen LogP contribution in [0.25, 0.3) is 0 Å². The van der Waals surface area contributed by atoms with Gasteiger partial charge in [0.1, 0.15) is 5.60 Å². The van der Waals surface area contributed by atoms with Gasteiger partial charge in [0.25, 0.3) is 0 Å². The van der Waals surface area contributed by atoms with Gasteiger partial charge in [-0.2, -0.15) is 0 Å². The van der Waals surface area contributed by atoms with Crippen LogP contribution in [0.5, 0.6) is 0 Å². The Hall–Kier alpha value is -1.09. The number of ether oxygens (including phenoxy) is 1. The molecular formula is C38H73NO2. The third kappa shape index (κ3) is 23.1. The topological polar surface area (TPSA) is 29.5 Å². The van der Waals surface area contributed by atoms with E-state index in [1.807, 2.05) is 13.0 Å². The molecule has 0 radical (unpaired) electrons. The molecule has 3 nitrogen and oxygen atoms in total. The Morgan fingerprint density at radius 1 is 0.732 bits per heavy atom. The quantitative estimate of drug-likeness (QED) is 0.0504. The van der Waals surface area contributed by atoms with Gasteiger partial charge in [0.2, 0.25) is 0 Å². The molecule has 3 heteroatoms. The zero-order valence-electron chi connectivity index (χ0n) is 29.0. The van der Waals surface area contributed by atoms with Gasteiger partial charge < -0.3 is 4.74 Å². The van der Waals surface area contributed by atoms with E-state index in [0.29, 0.717) is 18.6 Å². The molecule has 0 aromatic carbocycles. The first-order valence-electron chi connectivity index (χ1n) is 17.9. The minimum atomic E-state index is -0.616. The van der Waals surface area contributed by atoms with E-state index in [4.69, 9.17) is 4.74 Å². The summed E-state index contributed by atoms with van der Waals surface area (Å²) in [6, 6.07) is 0.780. The minimum Gasteiger partial charge on any atom is -0.454 e. The summed E-state index contributed by atoms with van der Waals surface area (Å²) in [4.78, 5) is 15.7. The second-order valence-electron chi connectivity index (χ2n) is 13.4. The lowest BCUT2D eigenvalue weighted by Gasteiger charge is -2.35. The lowest BCUT2D eigenvalue weighted by molar-refractivity contribution is -0.157. The van der Waals surface area contributed by atoms with Crippen molar-refractivity contribution in [2.24, 2.45) is 0 Å². The Labute approximate surface area is 258 Å². The summed E-state index contributed by atoms with van der Waals surface area (Å²) in [7, 11) is 0. The molecule has 0 heterocycles. The molecule has 242 valence electrons. The first-order chi connectivity index (χ1) is 19.7. The lowest BCUT2D eigenvalue weighted by atomic mass is 9.99. The van der Waals surface area contributed by atoms with E-state index < -0.39 is 5.60 Å². The molecule has 0 amide bonds. The maximum atomic E-state index is 13.3. The predicted octanol–water partition coefficient (Wildman–Crippen LogP) is 12.1. The molecule has 0 aromatic heterocycles. The second-order valence-corrected chi connectivity index (χ2v) is 13.4. The maximum absolute atomic E-state index is 13.3. The van der Waals surface area contributed by atoms with Crippen molar-refractivity contribution < 1.29 is 9.53 Å². The van der Waals surface area contributed by atoms with Crippen LogP contribution in [0.1, 0.15) is 190 Å². The Balaban J connectivity index is 4.84. The first kappa shape index (κ1) is 39.9. The summed E-state index contributed by atoms with van der Waals surface area (Å²) >= 11 is 0. The van der Waals surface area contributed by atoms with Gasteiger partial charge in [-0.1, -0.05) is 148 Å². The molecule has 0 saturated carbocycles. The summed E-state index contributed by atoms with van der Waals surface area (Å²) in [5, 5.41) is 0. The van der Waals surface area contributed by atoms with Gasteiger partial charge in [-0.3, -0.25) is 9.69 Å². The molecule has 0 bridgehead atoms. The van der Waals surface area contributed by atoms with Crippen molar-refractivity contribution in [1.82, 2.24) is 4.90 Å². The summed E-state index contributed by atoms with van der Waals surface area (Å²) in [5.74, 6) is -0.109. The van der Waals surface area contributed by atoms with Crippen LogP contribution >= 0.6 is 0 Å². The molecule has 0 aliphatic carbocycles. The van der Waals surface area contributed by atoms with Crippen LogP contribution in [-0.4, -0.2) is 35.1 Å². The average Bonchev–Trinajstić information content (AvgIpc) is 2.93. The highest BCUT2D eigenvalue weighted by atomic mass is 16.6. The average molecular weight is 576 g/mol. The normalized spacial score (nSPS) is 14.4. The van der Waals surface area contributed by atoms with Crippen molar-refractivity contribution >= 4 is 5.97 Å². The molecule has 0 spiro atoms. The Kier molecular flexibility index (Phi) is 25.8. The first-order valence-corrected chi connectivity index (χ1v) is 17.9. The van der Waals surface area contributed by atoms with E-state index in [1.54, 1.807) is 0 Å². The molecule has 0 fully saturated rings. The molecule has 0 saturated heterocycles. The van der Waals surface area contributed by atoms with E-state index in [2.05, 4.69) is 59.1 Å². The standard InChI is InChI=1S/C38H73NO2/c1-9-12-14-16-18-20-22-24-26-30-35(6)39(36(7)31-27-25-23-21-19-17-15-13-10-2)33-37(40)41-38(8,11-3)32-28-29-34(4)5/h11,29,35-36H,3,9-10,12-28,30-33H2,1-2,4-8H3. The summed E-state index contributed by atoms with van der Waals surface area (Å²) in [6.07, 6.45) is 32.3. The highest BCUT2D eigenvalue weighted by molar-refractivity contribution is 5.72. The van der Waals surface area contributed by atoms with Gasteiger partial charge in [-0.25, -0.2) is 0 Å². The molecule has 0 rings (SSSR count). The van der Waals surface area contributed by atoms with Crippen molar-refractivity contribution in [2.45, 2.75) is 207 Å². The summed E-state index contributed by atoms with van der Waals surface area (Å²) < 4.78 is 6.07. The third-order valence-corrected chi connectivity index (χ3v) is 8.87. The van der Waals surface area contributed by atoms with Crippen molar-refractivity contribution in [3.63, 3.8) is 0 Å². The Morgan fingerprint density at radius 3 is 1.49 bits per heavy atom. The molecule has 41 heavy (non-hydrogen) atoms. The number of unbranched alkanes of at least 4 members (excludes halogenated alkanes) is 16. The van der Waals surface area contributed by atoms with Crippen molar-refractivity contribution in [3.05, 3.63) is 24.3 Å². The zero-order chi connectivity index (χ0) is 30.8. The van der Waals surface area contributed by atoms with Gasteiger partial charge in [0.05, 0.1) is 6.54 Å². The summed E-state index contributed by atoms with van der Waals surface area (Å²) in [6.45, 7) is 19.8. The number of esters is 1. The predicted molar refractivity (Wildman–Crippen MR) is 183 cm³/mol. The fraction of sp³-hybridized carbons (Fsp3) is 0.868. The Bertz CT molecular complexity index is 625. The van der Waals surface area contributed by atoms with Gasteiger partial charge >= 0.3 is 5.97 Å². The van der Waals surface area contributed by atoms with Crippen LogP contribution in [0.3, 0.4) is 0 Å². The van der Waals surface area contributed by atoms with Gasteiger partial charge in [-0.05, 0) is 66.4 Å². The van der Waals surface area contributed by atoms with E-state index in [1.165, 1.54) is 121 Å². The Morgan fingerprint density at radius 2 is 1.12 bits per heavy atom. The molecule has 0 aromatic rings. The fourth-order valence-electron chi connectivity index (χ4n) is 5.86. The van der Waals surface area contributed by atoms with E-state index >= 15 is 0 Å². The highest BCUT2D eigenvalue weighted by Crippen LogP contribution is 2.23. The van der Waals surface area contributed by atoms with E-state index in [-0.39, 0.29) is 5.97 Å². The van der Waals surface area contributed by atoms with E-state index in [9.17, 15) is 4.79 Å². The number of allylic oxidation sites excluding steroid dienone is 2. The van der Waals surface area contributed by atoms with Crippen LogP contribution in [0.2, 0.25) is 0 Å². The van der Waals surface area contributed by atoms with Gasteiger partial charge in [0.15, 0.2) is 0 Å².